The average Bonchev–Trinajstić information content (AvgIpc) is 2.59. The van der Waals surface area contributed by atoms with Gasteiger partial charge in [-0.05, 0) is 18.4 Å². The molecule has 1 radical (unpaired) electrons. The minimum absolute atomic E-state index is 0. The van der Waals surface area contributed by atoms with Gasteiger partial charge in [0, 0.05) is 0 Å². The Hall–Kier alpha value is 0.926. The molecule has 6 heteroatoms. The summed E-state index contributed by atoms with van der Waals surface area (Å²) in [5.74, 6) is 0. The second-order valence-electron chi connectivity index (χ2n) is 3.06. The fraction of sp³-hybridized carbons (Fsp3) is 0.833. The summed E-state index contributed by atoms with van der Waals surface area (Å²) >= 11 is 7.58. The smallest absolute Gasteiger partial charge is 0.596 e. The molecule has 2 aliphatic rings. The maximum absolute atomic E-state index is 11.0. The van der Waals surface area contributed by atoms with Crippen LogP contribution in [-0.2, 0) is 29.3 Å². The molecular formula is C6H8NO2OsS2. The van der Waals surface area contributed by atoms with Crippen molar-refractivity contribution >= 4 is 30.6 Å². The van der Waals surface area contributed by atoms with E-state index in [9.17, 15) is 4.79 Å². The van der Waals surface area contributed by atoms with E-state index in [1.807, 2.05) is 0 Å². The first-order chi connectivity index (χ1) is 5.18. The van der Waals surface area contributed by atoms with Crippen molar-refractivity contribution in [3.05, 3.63) is 4.72 Å². The number of epoxide rings is 1. The minimum atomic E-state index is -0.653. The molecule has 2 rings (SSSR count). The quantitative estimate of drug-likeness (QED) is 0.554. The second-order valence-corrected chi connectivity index (χ2v) is 3.66. The molecule has 0 amide bonds. The summed E-state index contributed by atoms with van der Waals surface area (Å²) in [4.78, 5) is 11.0. The molecular weight excluding hydrogens is 372 g/mol. The third kappa shape index (κ3) is 1.60. The van der Waals surface area contributed by atoms with Gasteiger partial charge in [-0.3, -0.25) is 4.79 Å². The number of ether oxygens (including phenoxy) is 1. The normalized spacial score (nSPS) is 43.2. The molecule has 1 heterocycles. The van der Waals surface area contributed by atoms with Crippen LogP contribution in [0.5, 0.6) is 0 Å². The molecule has 0 aromatic rings. The maximum atomic E-state index is 11.0. The second kappa shape index (κ2) is 3.59. The molecule has 69 valence electrons. The molecule has 2 unspecified atom stereocenters. The Kier molecular flexibility index (Phi) is 3.29. The van der Waals surface area contributed by atoms with Crippen molar-refractivity contribution in [3.63, 3.8) is 0 Å². The molecule has 1 saturated carbocycles. The summed E-state index contributed by atoms with van der Waals surface area (Å²) in [5, 5.41) is -0.191. The topological polar surface area (TPSA) is 43.7 Å². The van der Waals surface area contributed by atoms with Crippen molar-refractivity contribution in [3.8, 4) is 0 Å². The van der Waals surface area contributed by atoms with Crippen LogP contribution >= 0.6 is 25.4 Å². The third-order valence-corrected chi connectivity index (χ3v) is 3.15. The number of carbonyl (C=O) groups is 1. The van der Waals surface area contributed by atoms with Gasteiger partial charge in [-0.1, -0.05) is 0 Å². The van der Waals surface area contributed by atoms with Crippen molar-refractivity contribution in [2.24, 2.45) is 0 Å². The van der Waals surface area contributed by atoms with E-state index >= 15 is 0 Å². The summed E-state index contributed by atoms with van der Waals surface area (Å²) in [6.07, 6.45) is 1.79. The molecule has 0 aromatic heterocycles. The van der Waals surface area contributed by atoms with Crippen molar-refractivity contribution in [2.75, 3.05) is 0 Å². The Morgan fingerprint density at radius 2 is 2.00 bits per heavy atom. The number of nitrogens with zero attached hydrogens (tertiary/aromatic N) is 1. The molecule has 1 aliphatic carbocycles. The van der Waals surface area contributed by atoms with E-state index in [4.69, 9.17) is 4.74 Å². The summed E-state index contributed by atoms with van der Waals surface area (Å²) in [6.45, 7) is 0. The summed E-state index contributed by atoms with van der Waals surface area (Å²) < 4.78 is 8.97. The first-order valence-corrected chi connectivity index (χ1v) is 4.28. The molecule has 0 spiro atoms. The minimum Gasteiger partial charge on any atom is -0.596 e. The zero-order chi connectivity index (χ0) is 8.06. The molecule has 2 atom stereocenters. The molecule has 0 aromatic carbocycles. The van der Waals surface area contributed by atoms with E-state index < -0.39 is 5.54 Å². The first kappa shape index (κ1) is 11.0. The van der Waals surface area contributed by atoms with Gasteiger partial charge in [0.15, 0.2) is 5.12 Å². The Bertz CT molecular complexity index is 204. The number of hydrogen-bond donors (Lipinski definition) is 2. The van der Waals surface area contributed by atoms with Crippen molar-refractivity contribution in [1.29, 1.82) is 0 Å². The zero-order valence-electron chi connectivity index (χ0n) is 6.08. The predicted molar refractivity (Wildman–Crippen MR) is 47.0 cm³/mol. The zero-order valence-corrected chi connectivity index (χ0v) is 10.4. The molecule has 1 aliphatic heterocycles. The number of fused-ring (bicyclic) bond motifs is 1. The fourth-order valence-electron chi connectivity index (χ4n) is 1.59. The molecule has 0 bridgehead atoms. The van der Waals surface area contributed by atoms with Gasteiger partial charge in [-0.25, -0.2) is 0 Å². The monoisotopic (exact) mass is 382 g/mol. The van der Waals surface area contributed by atoms with E-state index in [1.165, 1.54) is 0 Å². The van der Waals surface area contributed by atoms with Crippen molar-refractivity contribution in [2.45, 2.75) is 30.6 Å². The number of carbonyl (C=O) groups excluding carboxylic acids is 1. The van der Waals surface area contributed by atoms with E-state index in [1.54, 1.807) is 0 Å². The van der Waals surface area contributed by atoms with E-state index in [0.29, 0.717) is 12.8 Å². The van der Waals surface area contributed by atoms with Crippen molar-refractivity contribution in [1.82, 2.24) is 0 Å². The van der Waals surface area contributed by atoms with Gasteiger partial charge < -0.3 is 22.3 Å². The number of hydrogen-bond acceptors (Lipinski definition) is 3. The Labute approximate surface area is 95.0 Å². The van der Waals surface area contributed by atoms with Gasteiger partial charge in [-0.2, -0.15) is 0 Å². The SMILES string of the molecule is O=C(S)C1([N-]S)CC2OC2C1.[Os+]. The van der Waals surface area contributed by atoms with Crippen LogP contribution in [0.2, 0.25) is 0 Å². The van der Waals surface area contributed by atoms with Crippen LogP contribution in [0.4, 0.5) is 0 Å². The Morgan fingerprint density at radius 1 is 1.50 bits per heavy atom. The van der Waals surface area contributed by atoms with E-state index in [-0.39, 0.29) is 37.1 Å². The standard InChI is InChI=1S/C6H8NO2S2.Os/c8-5(10)6(7-11)1-3-4(2-6)9-3;/h3-4,11H,1-2H2,(H,8,10);/q-1;+1. The molecule has 3 nitrogen and oxygen atoms in total. The fourth-order valence-corrected chi connectivity index (χ4v) is 2.15. The summed E-state index contributed by atoms with van der Waals surface area (Å²) in [6, 6.07) is 0. The molecule has 2 fully saturated rings. The molecule has 1 saturated heterocycles. The van der Waals surface area contributed by atoms with Crippen LogP contribution in [0.25, 0.3) is 4.72 Å². The van der Waals surface area contributed by atoms with Gasteiger partial charge in [0.2, 0.25) is 0 Å². The van der Waals surface area contributed by atoms with E-state index in [0.717, 1.165) is 0 Å². The molecule has 0 N–H and O–H groups in total. The van der Waals surface area contributed by atoms with Crippen molar-refractivity contribution < 1.29 is 29.3 Å². The largest absolute Gasteiger partial charge is 1.00 e. The third-order valence-electron chi connectivity index (χ3n) is 2.35. The average molecular weight is 380 g/mol. The first-order valence-electron chi connectivity index (χ1n) is 3.43. The van der Waals surface area contributed by atoms with Crippen LogP contribution in [-0.4, -0.2) is 22.9 Å². The van der Waals surface area contributed by atoms with Crippen LogP contribution in [0.3, 0.4) is 0 Å². The van der Waals surface area contributed by atoms with Crippen LogP contribution < -0.4 is 0 Å². The molecule has 12 heavy (non-hydrogen) atoms. The Morgan fingerprint density at radius 3 is 2.25 bits per heavy atom. The number of rotatable bonds is 2. The summed E-state index contributed by atoms with van der Waals surface area (Å²) in [5.41, 5.74) is -0.653. The predicted octanol–water partition coefficient (Wildman–Crippen LogP) is 0.959. The van der Waals surface area contributed by atoms with Crippen LogP contribution in [0.15, 0.2) is 0 Å². The summed E-state index contributed by atoms with van der Waals surface area (Å²) in [7, 11) is 0. The van der Waals surface area contributed by atoms with Gasteiger partial charge in [-0.15, -0.1) is 12.6 Å². The van der Waals surface area contributed by atoms with Gasteiger partial charge in [0.1, 0.15) is 0 Å². The van der Waals surface area contributed by atoms with E-state index in [2.05, 4.69) is 30.2 Å². The number of thiol groups is 2. The maximum Gasteiger partial charge on any atom is 1.00 e. The van der Waals surface area contributed by atoms with Gasteiger partial charge in [0.25, 0.3) is 0 Å². The van der Waals surface area contributed by atoms with Gasteiger partial charge in [0.05, 0.1) is 12.2 Å². The van der Waals surface area contributed by atoms with Gasteiger partial charge >= 0.3 is 19.8 Å². The Balaban J connectivity index is 0.000000720. The van der Waals surface area contributed by atoms with Crippen LogP contribution in [0, 0.1) is 0 Å². The van der Waals surface area contributed by atoms with Crippen LogP contribution in [0.1, 0.15) is 12.8 Å².